The second-order valence-electron chi connectivity index (χ2n) is 10.5. The van der Waals surface area contributed by atoms with E-state index in [1.54, 1.807) is 0 Å². The van der Waals surface area contributed by atoms with Crippen LogP contribution >= 0.6 is 0 Å². The van der Waals surface area contributed by atoms with Gasteiger partial charge in [-0.25, -0.2) is 5.01 Å². The molecule has 2 atom stereocenters. The van der Waals surface area contributed by atoms with E-state index in [-0.39, 0.29) is 36.7 Å². The van der Waals surface area contributed by atoms with Gasteiger partial charge < -0.3 is 15.2 Å². The molecule has 1 heterocycles. The Kier molecular flexibility index (Phi) is 9.90. The van der Waals surface area contributed by atoms with Crippen molar-refractivity contribution in [1.82, 2.24) is 5.01 Å². The summed E-state index contributed by atoms with van der Waals surface area (Å²) in [5, 5.41) is 18.0. The lowest BCUT2D eigenvalue weighted by atomic mass is 9.83. The van der Waals surface area contributed by atoms with Crippen LogP contribution in [0.1, 0.15) is 66.8 Å². The zero-order chi connectivity index (χ0) is 29.4. The van der Waals surface area contributed by atoms with Gasteiger partial charge in [0, 0.05) is 17.7 Å². The number of amides is 2. The third kappa shape index (κ3) is 7.60. The Bertz CT molecular complexity index is 1400. The molecule has 0 spiro atoms. The van der Waals surface area contributed by atoms with Crippen LogP contribution in [0.15, 0.2) is 77.9 Å². The van der Waals surface area contributed by atoms with Crippen LogP contribution in [0.3, 0.4) is 0 Å². The molecule has 0 bridgehead atoms. The minimum absolute atomic E-state index is 0.0374. The van der Waals surface area contributed by atoms with Gasteiger partial charge in [-0.1, -0.05) is 74.9 Å². The molecule has 2 amide bonds. The number of hydrogen-bond donors (Lipinski definition) is 2. The van der Waals surface area contributed by atoms with Gasteiger partial charge in [0.2, 0.25) is 11.8 Å². The van der Waals surface area contributed by atoms with E-state index in [9.17, 15) is 14.4 Å². The monoisotopic (exact) mass is 555 g/mol. The zero-order valence-corrected chi connectivity index (χ0v) is 23.8. The maximum Gasteiger partial charge on any atom is 0.303 e. The highest BCUT2D eigenvalue weighted by Gasteiger charge is 2.28. The van der Waals surface area contributed by atoms with Crippen molar-refractivity contribution in [2.75, 3.05) is 11.9 Å². The summed E-state index contributed by atoms with van der Waals surface area (Å²) < 4.78 is 5.55. The van der Waals surface area contributed by atoms with Gasteiger partial charge in [0.05, 0.1) is 12.5 Å². The predicted molar refractivity (Wildman–Crippen MR) is 159 cm³/mol. The Morgan fingerprint density at radius 1 is 1.05 bits per heavy atom. The number of carboxylic acid groups (broad SMARTS) is 1. The average Bonchev–Trinajstić information content (AvgIpc) is 2.96. The first-order valence-electron chi connectivity index (χ1n) is 14.0. The number of aryl methyl sites for hydroxylation is 1. The van der Waals surface area contributed by atoms with Crippen molar-refractivity contribution in [1.29, 1.82) is 0 Å². The molecule has 4 rings (SSSR count). The van der Waals surface area contributed by atoms with Gasteiger partial charge in [-0.3, -0.25) is 14.4 Å². The first-order valence-corrected chi connectivity index (χ1v) is 14.0. The number of benzene rings is 3. The Hall–Kier alpha value is -4.46. The SMILES string of the molecule is CCCC(C)C(C(=O)Nc1cccc(CCC(=O)O)c1C)c1ccc(CN2N=C(c3ccccc3)OCC2=O)cc1. The van der Waals surface area contributed by atoms with Gasteiger partial charge in [-0.2, -0.15) is 0 Å². The number of ether oxygens (including phenoxy) is 1. The number of nitrogens with one attached hydrogen (secondary N) is 1. The Morgan fingerprint density at radius 2 is 1.78 bits per heavy atom. The summed E-state index contributed by atoms with van der Waals surface area (Å²) in [6.45, 7) is 6.32. The van der Waals surface area contributed by atoms with E-state index in [0.717, 1.165) is 40.7 Å². The molecule has 3 aromatic carbocycles. The summed E-state index contributed by atoms with van der Waals surface area (Å²) in [6.07, 6.45) is 2.28. The topological polar surface area (TPSA) is 108 Å². The predicted octanol–water partition coefficient (Wildman–Crippen LogP) is 5.89. The summed E-state index contributed by atoms with van der Waals surface area (Å²) in [6, 6.07) is 22.8. The molecule has 0 fully saturated rings. The molecule has 1 aliphatic rings. The van der Waals surface area contributed by atoms with Crippen LogP contribution in [0.25, 0.3) is 0 Å². The second-order valence-corrected chi connectivity index (χ2v) is 10.5. The minimum atomic E-state index is -0.850. The van der Waals surface area contributed by atoms with Crippen LogP contribution in [-0.2, 0) is 32.1 Å². The third-order valence-corrected chi connectivity index (χ3v) is 7.43. The van der Waals surface area contributed by atoms with E-state index in [4.69, 9.17) is 9.84 Å². The third-order valence-electron chi connectivity index (χ3n) is 7.43. The van der Waals surface area contributed by atoms with E-state index in [2.05, 4.69) is 24.3 Å². The summed E-state index contributed by atoms with van der Waals surface area (Å²) in [4.78, 5) is 37.3. The van der Waals surface area contributed by atoms with Crippen LogP contribution in [0.4, 0.5) is 5.69 Å². The molecule has 2 unspecified atom stereocenters. The normalized spacial score (nSPS) is 14.6. The summed E-state index contributed by atoms with van der Waals surface area (Å²) >= 11 is 0. The Balaban J connectivity index is 1.52. The van der Waals surface area contributed by atoms with Crippen molar-refractivity contribution < 1.29 is 24.2 Å². The fourth-order valence-electron chi connectivity index (χ4n) is 5.15. The van der Waals surface area contributed by atoms with Gasteiger partial charge in [-0.05, 0) is 66.1 Å². The molecule has 2 N–H and O–H groups in total. The van der Waals surface area contributed by atoms with Crippen molar-refractivity contribution in [3.05, 3.63) is 101 Å². The maximum atomic E-state index is 13.7. The van der Waals surface area contributed by atoms with E-state index in [1.165, 1.54) is 5.01 Å². The van der Waals surface area contributed by atoms with E-state index < -0.39 is 5.97 Å². The Labute approximate surface area is 241 Å². The first-order chi connectivity index (χ1) is 19.8. The number of hydrogen-bond acceptors (Lipinski definition) is 5. The van der Waals surface area contributed by atoms with Gasteiger partial charge in [0.15, 0.2) is 6.61 Å². The summed E-state index contributed by atoms with van der Waals surface area (Å²) in [5.74, 6) is -1.04. The molecular formula is C33H37N3O5. The van der Waals surface area contributed by atoms with E-state index in [1.807, 2.05) is 79.7 Å². The molecule has 0 saturated heterocycles. The van der Waals surface area contributed by atoms with E-state index >= 15 is 0 Å². The molecular weight excluding hydrogens is 518 g/mol. The number of carbonyl (C=O) groups is 3. The number of rotatable bonds is 12. The largest absolute Gasteiger partial charge is 0.481 e. The van der Waals surface area contributed by atoms with Crippen LogP contribution in [0.5, 0.6) is 0 Å². The molecule has 1 aliphatic heterocycles. The van der Waals surface area contributed by atoms with Gasteiger partial charge >= 0.3 is 5.97 Å². The standard InChI is InChI=1S/C33H37N3O5/c1-4-9-22(2)31(32(40)34-28-13-8-12-25(23(28)3)18-19-30(38)39)26-16-14-24(15-17-26)20-36-29(37)21-41-33(35-36)27-10-6-5-7-11-27/h5-8,10-17,22,31H,4,9,18-21H2,1-3H3,(H,34,40)(H,38,39). The van der Waals surface area contributed by atoms with Crippen molar-refractivity contribution in [2.24, 2.45) is 11.0 Å². The molecule has 3 aromatic rings. The molecule has 0 aliphatic carbocycles. The lowest BCUT2D eigenvalue weighted by molar-refractivity contribution is -0.137. The highest BCUT2D eigenvalue weighted by Crippen LogP contribution is 2.31. The quantitative estimate of drug-likeness (QED) is 0.290. The van der Waals surface area contributed by atoms with Gasteiger partial charge in [0.25, 0.3) is 5.91 Å². The summed E-state index contributed by atoms with van der Waals surface area (Å²) in [7, 11) is 0. The molecule has 214 valence electrons. The smallest absolute Gasteiger partial charge is 0.303 e. The lowest BCUT2D eigenvalue weighted by Gasteiger charge is -2.26. The summed E-state index contributed by atoms with van der Waals surface area (Å²) in [5.41, 5.74) is 5.08. The average molecular weight is 556 g/mol. The zero-order valence-electron chi connectivity index (χ0n) is 23.8. The fourth-order valence-corrected chi connectivity index (χ4v) is 5.15. The number of nitrogens with zero attached hydrogens (tertiary/aromatic N) is 2. The molecule has 0 radical (unpaired) electrons. The lowest BCUT2D eigenvalue weighted by Crippen LogP contribution is -2.36. The molecule has 41 heavy (non-hydrogen) atoms. The van der Waals surface area contributed by atoms with Crippen LogP contribution in [0.2, 0.25) is 0 Å². The van der Waals surface area contributed by atoms with Crippen LogP contribution < -0.4 is 5.32 Å². The van der Waals surface area contributed by atoms with Gasteiger partial charge in [0.1, 0.15) is 0 Å². The molecule has 8 nitrogen and oxygen atoms in total. The fraction of sp³-hybridized carbons (Fsp3) is 0.333. The van der Waals surface area contributed by atoms with Crippen LogP contribution in [0, 0.1) is 12.8 Å². The first kappa shape index (κ1) is 29.5. The highest BCUT2D eigenvalue weighted by atomic mass is 16.5. The Morgan fingerprint density at radius 3 is 2.46 bits per heavy atom. The van der Waals surface area contributed by atoms with Crippen LogP contribution in [-0.4, -0.2) is 40.4 Å². The molecule has 0 aromatic heterocycles. The van der Waals surface area contributed by atoms with Crippen molar-refractivity contribution in [3.8, 4) is 0 Å². The number of carbonyl (C=O) groups excluding carboxylic acids is 2. The highest BCUT2D eigenvalue weighted by molar-refractivity contribution is 5.98. The number of anilines is 1. The minimum Gasteiger partial charge on any atom is -0.481 e. The van der Waals surface area contributed by atoms with Gasteiger partial charge in [-0.15, -0.1) is 5.10 Å². The van der Waals surface area contributed by atoms with Crippen molar-refractivity contribution in [3.63, 3.8) is 0 Å². The van der Waals surface area contributed by atoms with E-state index in [0.29, 0.717) is 24.6 Å². The molecule has 0 saturated carbocycles. The maximum absolute atomic E-state index is 13.7. The van der Waals surface area contributed by atoms with Crippen molar-refractivity contribution in [2.45, 2.75) is 58.9 Å². The second kappa shape index (κ2) is 13.7. The number of carboxylic acids is 1. The number of hydrazone groups is 1. The molecule has 8 heteroatoms. The van der Waals surface area contributed by atoms with Crippen molar-refractivity contribution >= 4 is 29.4 Å². The number of aliphatic carboxylic acids is 1.